The zero-order valence-corrected chi connectivity index (χ0v) is 9.87. The first-order chi connectivity index (χ1) is 6.97. The van der Waals surface area contributed by atoms with Gasteiger partial charge < -0.3 is 0 Å². The van der Waals surface area contributed by atoms with Crippen molar-refractivity contribution in [1.82, 2.24) is 4.98 Å². The zero-order chi connectivity index (χ0) is 9.64. The van der Waals surface area contributed by atoms with Crippen LogP contribution >= 0.6 is 32.9 Å². The molecular weight excluding hydrogens is 230 g/mol. The summed E-state index contributed by atoms with van der Waals surface area (Å²) in [6.07, 6.45) is 2.16. The number of rotatable bonds is 0. The minimum atomic E-state index is 1.10. The molecule has 1 aromatic heterocycles. The van der Waals surface area contributed by atoms with E-state index in [1.54, 1.807) is 11.3 Å². The molecule has 2 aromatic rings. The van der Waals surface area contributed by atoms with Gasteiger partial charge in [-0.05, 0) is 17.5 Å². The first-order valence-electron chi connectivity index (χ1n) is 4.18. The van der Waals surface area contributed by atoms with Crippen LogP contribution in [0.1, 0.15) is 0 Å². The summed E-state index contributed by atoms with van der Waals surface area (Å²) in [6.45, 7) is 0. The van der Waals surface area contributed by atoms with E-state index >= 15 is 0 Å². The van der Waals surface area contributed by atoms with Gasteiger partial charge in [-0.25, -0.2) is 4.98 Å². The molecule has 3 rings (SSSR count). The highest BCUT2D eigenvalue weighted by Crippen LogP contribution is 2.27. The van der Waals surface area contributed by atoms with Crippen LogP contribution in [0.2, 0.25) is 0 Å². The molecule has 1 aliphatic heterocycles. The van der Waals surface area contributed by atoms with Crippen LogP contribution in [-0.2, 0) is 0 Å². The first-order valence-corrected chi connectivity index (χ1v) is 7.44. The van der Waals surface area contributed by atoms with E-state index in [4.69, 9.17) is 0 Å². The number of fused-ring (bicyclic) bond motifs is 1. The predicted molar refractivity (Wildman–Crippen MR) is 68.8 cm³/mol. The summed E-state index contributed by atoms with van der Waals surface area (Å²) < 4.78 is 1.26. The molecule has 0 unspecified atom stereocenters. The second-order valence-electron chi connectivity index (χ2n) is 2.57. The molecule has 1 nitrogen and oxygen atoms in total. The van der Waals surface area contributed by atoms with Crippen molar-refractivity contribution in [2.45, 2.75) is 0 Å². The molecule has 0 fully saturated rings. The molecule has 14 heavy (non-hydrogen) atoms. The molecule has 4 heteroatoms. The van der Waals surface area contributed by atoms with Crippen molar-refractivity contribution in [2.75, 3.05) is 5.75 Å². The quantitative estimate of drug-likeness (QED) is 0.640. The molecule has 0 atom stereocenters. The van der Waals surface area contributed by atoms with Gasteiger partial charge >= 0.3 is 0 Å². The Morgan fingerprint density at radius 1 is 1.21 bits per heavy atom. The molecule has 0 aliphatic carbocycles. The molecule has 1 aliphatic rings. The fourth-order valence-corrected chi connectivity index (χ4v) is 3.25. The van der Waals surface area contributed by atoms with Crippen molar-refractivity contribution in [2.24, 2.45) is 0 Å². The summed E-state index contributed by atoms with van der Waals surface area (Å²) in [5, 5.41) is 2.12. The molecule has 0 spiro atoms. The van der Waals surface area contributed by atoms with Crippen LogP contribution < -0.4 is 0 Å². The molecule has 1 aromatic carbocycles. The van der Waals surface area contributed by atoms with Crippen LogP contribution in [0.5, 0.6) is 0 Å². The van der Waals surface area contributed by atoms with Gasteiger partial charge in [0, 0.05) is 5.75 Å². The van der Waals surface area contributed by atoms with Crippen LogP contribution in [0.25, 0.3) is 10.2 Å². The normalized spacial score (nSPS) is 14.0. The molecule has 0 saturated heterocycles. The predicted octanol–water partition coefficient (Wildman–Crippen LogP) is 4.19. The highest BCUT2D eigenvalue weighted by Gasteiger charge is 1.89. The Morgan fingerprint density at radius 2 is 2.14 bits per heavy atom. The second kappa shape index (κ2) is 5.44. The van der Waals surface area contributed by atoms with E-state index in [0.717, 1.165) is 5.52 Å². The van der Waals surface area contributed by atoms with E-state index in [1.165, 1.54) is 10.5 Å². The third-order valence-electron chi connectivity index (χ3n) is 1.62. The zero-order valence-electron chi connectivity index (χ0n) is 7.42. The van der Waals surface area contributed by atoms with E-state index < -0.39 is 0 Å². The summed E-state index contributed by atoms with van der Waals surface area (Å²) in [7, 11) is 3.69. The van der Waals surface area contributed by atoms with Gasteiger partial charge in [-0.1, -0.05) is 39.8 Å². The van der Waals surface area contributed by atoms with Crippen LogP contribution in [0.3, 0.4) is 0 Å². The highest BCUT2D eigenvalue weighted by molar-refractivity contribution is 8.78. The maximum absolute atomic E-state index is 4.14. The molecule has 0 N–H and O–H groups in total. The van der Waals surface area contributed by atoms with Crippen LogP contribution in [0.4, 0.5) is 0 Å². The Balaban J connectivity index is 0.000000128. The van der Waals surface area contributed by atoms with Crippen molar-refractivity contribution in [3.63, 3.8) is 0 Å². The minimum Gasteiger partial charge on any atom is -0.245 e. The maximum Gasteiger partial charge on any atom is 0.0812 e. The lowest BCUT2D eigenvalue weighted by molar-refractivity contribution is 1.50. The average molecular weight is 239 g/mol. The monoisotopic (exact) mass is 239 g/mol. The lowest BCUT2D eigenvalue weighted by atomic mass is 10.3. The Kier molecular flexibility index (Phi) is 3.91. The van der Waals surface area contributed by atoms with Crippen molar-refractivity contribution < 1.29 is 0 Å². The molecule has 0 amide bonds. The SMILES string of the molecule is C1=CSSC1.c1ccc2scnc2c1. The van der Waals surface area contributed by atoms with E-state index in [-0.39, 0.29) is 0 Å². The number of para-hydroxylation sites is 1. The Labute approximate surface area is 95.0 Å². The number of aromatic nitrogens is 1. The van der Waals surface area contributed by atoms with Crippen molar-refractivity contribution in [3.8, 4) is 0 Å². The second-order valence-corrected chi connectivity index (χ2v) is 5.78. The number of hydrogen-bond donors (Lipinski definition) is 0. The fourth-order valence-electron chi connectivity index (χ4n) is 1.000. The number of hydrogen-bond acceptors (Lipinski definition) is 4. The lowest BCUT2D eigenvalue weighted by Gasteiger charge is -1.80. The van der Waals surface area contributed by atoms with Crippen LogP contribution in [-0.4, -0.2) is 10.7 Å². The van der Waals surface area contributed by atoms with Gasteiger partial charge in [0.25, 0.3) is 0 Å². The van der Waals surface area contributed by atoms with Crippen molar-refractivity contribution >= 4 is 43.1 Å². The van der Waals surface area contributed by atoms with E-state index in [9.17, 15) is 0 Å². The standard InChI is InChI=1S/C7H5NS.C3H4S2/c1-2-4-7-6(3-1)8-5-9-7;1-2-4-5-3-1/h1-5H;1-2H,3H2. The highest BCUT2D eigenvalue weighted by atomic mass is 33.1. The van der Waals surface area contributed by atoms with Gasteiger partial charge in [-0.3, -0.25) is 0 Å². The largest absolute Gasteiger partial charge is 0.245 e. The van der Waals surface area contributed by atoms with Gasteiger partial charge in [0.05, 0.1) is 15.7 Å². The van der Waals surface area contributed by atoms with E-state index in [0.29, 0.717) is 0 Å². The van der Waals surface area contributed by atoms with Crippen molar-refractivity contribution in [3.05, 3.63) is 41.3 Å². The third kappa shape index (κ3) is 2.77. The third-order valence-corrected chi connectivity index (χ3v) is 4.35. The first kappa shape index (κ1) is 10.1. The van der Waals surface area contributed by atoms with Crippen molar-refractivity contribution in [1.29, 1.82) is 0 Å². The van der Waals surface area contributed by atoms with Crippen LogP contribution in [0, 0.1) is 0 Å². The van der Waals surface area contributed by atoms with E-state index in [2.05, 4.69) is 22.5 Å². The maximum atomic E-state index is 4.14. The van der Waals surface area contributed by atoms with Gasteiger partial charge in [0.2, 0.25) is 0 Å². The Hall–Kier alpha value is -0.450. The van der Waals surface area contributed by atoms with Crippen LogP contribution in [0.15, 0.2) is 41.3 Å². The number of thiazole rings is 1. The molecule has 2 heterocycles. The molecule has 0 radical (unpaired) electrons. The minimum absolute atomic E-state index is 1.10. The molecule has 72 valence electrons. The van der Waals surface area contributed by atoms with E-state index in [1.807, 2.05) is 45.3 Å². The smallest absolute Gasteiger partial charge is 0.0812 e. The Bertz CT molecular complexity index is 386. The topological polar surface area (TPSA) is 12.9 Å². The van der Waals surface area contributed by atoms with Gasteiger partial charge in [0.15, 0.2) is 0 Å². The van der Waals surface area contributed by atoms with Gasteiger partial charge in [-0.2, -0.15) is 0 Å². The fraction of sp³-hybridized carbons (Fsp3) is 0.100. The Morgan fingerprint density at radius 3 is 2.79 bits per heavy atom. The van der Waals surface area contributed by atoms with Gasteiger partial charge in [0.1, 0.15) is 0 Å². The summed E-state index contributed by atoms with van der Waals surface area (Å²) in [5.74, 6) is 1.20. The number of nitrogens with zero attached hydrogens (tertiary/aromatic N) is 1. The summed E-state index contributed by atoms with van der Waals surface area (Å²) >= 11 is 1.68. The average Bonchev–Trinajstić information content (AvgIpc) is 2.92. The summed E-state index contributed by atoms with van der Waals surface area (Å²) in [6, 6.07) is 8.13. The molecule has 0 saturated carbocycles. The molecular formula is C10H9NS3. The summed E-state index contributed by atoms with van der Waals surface area (Å²) in [4.78, 5) is 4.14. The molecule has 0 bridgehead atoms. The summed E-state index contributed by atoms with van der Waals surface area (Å²) in [5.41, 5.74) is 2.97. The number of benzene rings is 1. The lowest BCUT2D eigenvalue weighted by Crippen LogP contribution is -1.61. The van der Waals surface area contributed by atoms with Gasteiger partial charge in [-0.15, -0.1) is 11.3 Å².